The van der Waals surface area contributed by atoms with Gasteiger partial charge in [-0.3, -0.25) is 0 Å². The Kier molecular flexibility index (Phi) is 4.96. The molecule has 0 spiro atoms. The highest BCUT2D eigenvalue weighted by atomic mass is 32.1. The minimum absolute atomic E-state index is 0.249. The van der Waals surface area contributed by atoms with E-state index in [0.717, 1.165) is 11.3 Å². The Bertz CT molecular complexity index is 481. The van der Waals surface area contributed by atoms with Crippen LogP contribution in [0.25, 0.3) is 0 Å². The van der Waals surface area contributed by atoms with Crippen LogP contribution in [-0.2, 0) is 0 Å². The Hall–Kier alpha value is -1.36. The summed E-state index contributed by atoms with van der Waals surface area (Å²) in [6, 6.07) is 9.85. The van der Waals surface area contributed by atoms with Crippen molar-refractivity contribution in [3.8, 4) is 5.75 Å². The van der Waals surface area contributed by atoms with Gasteiger partial charge < -0.3 is 15.2 Å². The van der Waals surface area contributed by atoms with E-state index in [0.29, 0.717) is 6.54 Å². The molecule has 0 saturated carbocycles. The molecule has 0 aliphatic carbocycles. The quantitative estimate of drug-likeness (QED) is 0.852. The summed E-state index contributed by atoms with van der Waals surface area (Å²) in [6.07, 6.45) is -0.507. The molecule has 2 rings (SSSR count). The van der Waals surface area contributed by atoms with Crippen LogP contribution in [0.1, 0.15) is 30.2 Å². The van der Waals surface area contributed by atoms with E-state index in [2.05, 4.69) is 29.1 Å². The van der Waals surface area contributed by atoms with Crippen molar-refractivity contribution in [3.63, 3.8) is 0 Å². The zero-order chi connectivity index (χ0) is 13.7. The molecule has 2 N–H and O–H groups in total. The first kappa shape index (κ1) is 14.1. The summed E-state index contributed by atoms with van der Waals surface area (Å²) in [5.74, 6) is 0.801. The number of ether oxygens (including phenoxy) is 1. The maximum Gasteiger partial charge on any atom is 0.118 e. The Balaban J connectivity index is 1.88. The normalized spacial score (nSPS) is 14.1. The summed E-state index contributed by atoms with van der Waals surface area (Å²) in [6.45, 7) is 2.63. The predicted octanol–water partition coefficient (Wildman–Crippen LogP) is 3.14. The highest BCUT2D eigenvalue weighted by Gasteiger charge is 2.10. The van der Waals surface area contributed by atoms with Gasteiger partial charge in [-0.25, -0.2) is 0 Å². The molecule has 2 unspecified atom stereocenters. The van der Waals surface area contributed by atoms with E-state index in [1.165, 1.54) is 5.56 Å². The second kappa shape index (κ2) is 6.70. The SMILES string of the molecule is COc1ccc(C(O)CNC(C)c2ccsc2)cc1. The van der Waals surface area contributed by atoms with E-state index in [1.807, 2.05) is 24.3 Å². The second-order valence-electron chi connectivity index (χ2n) is 4.48. The monoisotopic (exact) mass is 277 g/mol. The van der Waals surface area contributed by atoms with Gasteiger partial charge in [-0.05, 0) is 47.0 Å². The topological polar surface area (TPSA) is 41.5 Å². The fourth-order valence-corrected chi connectivity index (χ4v) is 2.63. The van der Waals surface area contributed by atoms with Gasteiger partial charge >= 0.3 is 0 Å². The van der Waals surface area contributed by atoms with Gasteiger partial charge in [-0.15, -0.1) is 0 Å². The van der Waals surface area contributed by atoms with E-state index in [1.54, 1.807) is 18.4 Å². The van der Waals surface area contributed by atoms with Crippen LogP contribution in [0.5, 0.6) is 5.75 Å². The zero-order valence-corrected chi connectivity index (χ0v) is 12.0. The van der Waals surface area contributed by atoms with Gasteiger partial charge in [0.15, 0.2) is 0 Å². The number of benzene rings is 1. The summed E-state index contributed by atoms with van der Waals surface area (Å²) >= 11 is 1.69. The average Bonchev–Trinajstić information content (AvgIpc) is 2.98. The van der Waals surface area contributed by atoms with Crippen LogP contribution in [0.4, 0.5) is 0 Å². The lowest BCUT2D eigenvalue weighted by molar-refractivity contribution is 0.170. The number of aliphatic hydroxyl groups is 1. The lowest BCUT2D eigenvalue weighted by Gasteiger charge is -2.17. The highest BCUT2D eigenvalue weighted by Crippen LogP contribution is 2.19. The Morgan fingerprint density at radius 2 is 1.95 bits per heavy atom. The number of aliphatic hydroxyl groups excluding tert-OH is 1. The average molecular weight is 277 g/mol. The van der Waals surface area contributed by atoms with Crippen molar-refractivity contribution in [2.24, 2.45) is 0 Å². The van der Waals surface area contributed by atoms with Crippen LogP contribution in [0.15, 0.2) is 41.1 Å². The maximum absolute atomic E-state index is 10.1. The molecule has 0 radical (unpaired) electrons. The molecule has 2 atom stereocenters. The molecule has 0 fully saturated rings. The summed E-state index contributed by atoms with van der Waals surface area (Å²) in [5.41, 5.74) is 2.15. The Morgan fingerprint density at radius 3 is 2.53 bits per heavy atom. The number of thiophene rings is 1. The van der Waals surface area contributed by atoms with E-state index >= 15 is 0 Å². The minimum Gasteiger partial charge on any atom is -0.497 e. The van der Waals surface area contributed by atoms with E-state index in [4.69, 9.17) is 4.74 Å². The van der Waals surface area contributed by atoms with Crippen LogP contribution < -0.4 is 10.1 Å². The van der Waals surface area contributed by atoms with Crippen LogP contribution in [0.3, 0.4) is 0 Å². The molecule has 0 aliphatic heterocycles. The molecule has 0 saturated heterocycles. The van der Waals surface area contributed by atoms with Crippen LogP contribution in [0.2, 0.25) is 0 Å². The van der Waals surface area contributed by atoms with Crippen LogP contribution in [-0.4, -0.2) is 18.8 Å². The van der Waals surface area contributed by atoms with E-state index < -0.39 is 6.10 Å². The van der Waals surface area contributed by atoms with Crippen molar-refractivity contribution in [3.05, 3.63) is 52.2 Å². The maximum atomic E-state index is 10.1. The second-order valence-corrected chi connectivity index (χ2v) is 5.26. The molecule has 19 heavy (non-hydrogen) atoms. The first-order valence-electron chi connectivity index (χ1n) is 6.28. The van der Waals surface area contributed by atoms with Crippen molar-refractivity contribution < 1.29 is 9.84 Å². The van der Waals surface area contributed by atoms with Crippen molar-refractivity contribution in [1.82, 2.24) is 5.32 Å². The molecule has 4 heteroatoms. The number of hydrogen-bond donors (Lipinski definition) is 2. The van der Waals surface area contributed by atoms with Crippen molar-refractivity contribution >= 4 is 11.3 Å². The van der Waals surface area contributed by atoms with Crippen molar-refractivity contribution in [2.45, 2.75) is 19.1 Å². The Morgan fingerprint density at radius 1 is 1.21 bits per heavy atom. The van der Waals surface area contributed by atoms with E-state index in [-0.39, 0.29) is 6.04 Å². The molecule has 0 aliphatic rings. The van der Waals surface area contributed by atoms with Crippen LogP contribution >= 0.6 is 11.3 Å². The fraction of sp³-hybridized carbons (Fsp3) is 0.333. The molecule has 1 aromatic carbocycles. The summed E-state index contributed by atoms with van der Waals surface area (Å²) in [4.78, 5) is 0. The van der Waals surface area contributed by atoms with Gasteiger partial charge in [0.1, 0.15) is 5.75 Å². The third kappa shape index (κ3) is 3.80. The first-order valence-corrected chi connectivity index (χ1v) is 7.22. The lowest BCUT2D eigenvalue weighted by atomic mass is 10.1. The number of rotatable bonds is 6. The summed E-state index contributed by atoms with van der Waals surface area (Å²) in [7, 11) is 1.63. The van der Waals surface area contributed by atoms with Gasteiger partial charge in [0.05, 0.1) is 13.2 Å². The summed E-state index contributed by atoms with van der Waals surface area (Å²) in [5, 5.41) is 17.7. The van der Waals surface area contributed by atoms with Crippen molar-refractivity contribution in [2.75, 3.05) is 13.7 Å². The number of nitrogens with one attached hydrogen (secondary N) is 1. The van der Waals surface area contributed by atoms with Gasteiger partial charge in [0.25, 0.3) is 0 Å². The molecular weight excluding hydrogens is 258 g/mol. The van der Waals surface area contributed by atoms with Gasteiger partial charge in [-0.1, -0.05) is 12.1 Å². The predicted molar refractivity (Wildman–Crippen MR) is 78.7 cm³/mol. The number of methoxy groups -OCH3 is 1. The van der Waals surface area contributed by atoms with Gasteiger partial charge in [0.2, 0.25) is 0 Å². The molecule has 2 aromatic rings. The van der Waals surface area contributed by atoms with Gasteiger partial charge in [-0.2, -0.15) is 11.3 Å². The molecule has 1 heterocycles. The highest BCUT2D eigenvalue weighted by molar-refractivity contribution is 7.07. The molecule has 0 bridgehead atoms. The summed E-state index contributed by atoms with van der Waals surface area (Å²) < 4.78 is 5.10. The largest absolute Gasteiger partial charge is 0.497 e. The van der Waals surface area contributed by atoms with Crippen molar-refractivity contribution in [1.29, 1.82) is 0 Å². The first-order chi connectivity index (χ1) is 9.20. The molecule has 1 aromatic heterocycles. The van der Waals surface area contributed by atoms with Crippen LogP contribution in [0, 0.1) is 0 Å². The van der Waals surface area contributed by atoms with E-state index in [9.17, 15) is 5.11 Å². The fourth-order valence-electron chi connectivity index (χ4n) is 1.87. The molecular formula is C15H19NO2S. The molecule has 3 nitrogen and oxygen atoms in total. The standard InChI is InChI=1S/C15H19NO2S/c1-11(13-7-8-19-10-13)16-9-15(17)12-3-5-14(18-2)6-4-12/h3-8,10-11,15-17H,9H2,1-2H3. The lowest BCUT2D eigenvalue weighted by Crippen LogP contribution is -2.24. The Labute approximate surface area is 117 Å². The number of hydrogen-bond acceptors (Lipinski definition) is 4. The minimum atomic E-state index is -0.507. The third-order valence-electron chi connectivity index (χ3n) is 3.16. The third-order valence-corrected chi connectivity index (χ3v) is 3.86. The molecule has 102 valence electrons. The van der Waals surface area contributed by atoms with Gasteiger partial charge in [0, 0.05) is 12.6 Å². The molecule has 0 amide bonds. The smallest absolute Gasteiger partial charge is 0.118 e. The zero-order valence-electron chi connectivity index (χ0n) is 11.2.